The van der Waals surface area contributed by atoms with Crippen molar-refractivity contribution in [2.75, 3.05) is 0 Å². The van der Waals surface area contributed by atoms with Crippen LogP contribution in [0.4, 0.5) is 0 Å². The second kappa shape index (κ2) is 5.27. The van der Waals surface area contributed by atoms with E-state index in [0.717, 1.165) is 14.9 Å². The number of pyridine rings is 1. The Morgan fingerprint density at radius 3 is 3.00 bits per heavy atom. The van der Waals surface area contributed by atoms with Crippen molar-refractivity contribution >= 4 is 38.9 Å². The van der Waals surface area contributed by atoms with Gasteiger partial charge in [-0.2, -0.15) is 0 Å². The van der Waals surface area contributed by atoms with Crippen LogP contribution in [0.1, 0.15) is 16.5 Å². The van der Waals surface area contributed by atoms with Gasteiger partial charge in [0.05, 0.1) is 11.1 Å². The smallest absolute Gasteiger partial charge is 0.0923 e. The Bertz CT molecular complexity index is 488. The van der Waals surface area contributed by atoms with Crippen molar-refractivity contribution in [1.82, 2.24) is 4.98 Å². The quantitative estimate of drug-likeness (QED) is 0.933. The molecule has 2 heterocycles. The summed E-state index contributed by atoms with van der Waals surface area (Å²) in [4.78, 5) is 4.84. The molecule has 1 atom stereocenters. The molecule has 0 aliphatic heterocycles. The predicted octanol–water partition coefficient (Wildman–Crippen LogP) is 3.84. The molecule has 0 bridgehead atoms. The molecule has 84 valence electrons. The minimum absolute atomic E-state index is 0.508. The van der Waals surface area contributed by atoms with Crippen LogP contribution in [0, 0.1) is 0 Å². The first-order valence-corrected chi connectivity index (χ1v) is 6.72. The van der Waals surface area contributed by atoms with E-state index in [1.807, 2.05) is 17.5 Å². The van der Waals surface area contributed by atoms with Gasteiger partial charge < -0.3 is 5.11 Å². The van der Waals surface area contributed by atoms with Crippen molar-refractivity contribution in [1.29, 1.82) is 0 Å². The molecule has 0 saturated carbocycles. The lowest BCUT2D eigenvalue weighted by Gasteiger charge is -2.09. The summed E-state index contributed by atoms with van der Waals surface area (Å²) in [5, 5.41) is 12.6. The molecule has 16 heavy (non-hydrogen) atoms. The van der Waals surface area contributed by atoms with Crippen LogP contribution in [0.5, 0.6) is 0 Å². The first-order valence-electron chi connectivity index (χ1n) is 4.67. The van der Waals surface area contributed by atoms with E-state index in [9.17, 15) is 5.11 Å². The van der Waals surface area contributed by atoms with Gasteiger partial charge in [0.1, 0.15) is 0 Å². The van der Waals surface area contributed by atoms with Gasteiger partial charge >= 0.3 is 0 Å². The van der Waals surface area contributed by atoms with Gasteiger partial charge in [0.25, 0.3) is 0 Å². The average molecular weight is 319 g/mol. The lowest BCUT2D eigenvalue weighted by molar-refractivity contribution is 0.182. The van der Waals surface area contributed by atoms with Crippen LogP contribution in [-0.4, -0.2) is 10.1 Å². The van der Waals surface area contributed by atoms with Gasteiger partial charge in [-0.05, 0) is 33.6 Å². The van der Waals surface area contributed by atoms with Crippen molar-refractivity contribution in [3.8, 4) is 0 Å². The molecule has 0 spiro atoms. The molecule has 0 amide bonds. The molecular formula is C11H9BrClNOS. The molecule has 0 aliphatic rings. The molecule has 1 unspecified atom stereocenters. The topological polar surface area (TPSA) is 33.1 Å². The fraction of sp³-hybridized carbons (Fsp3) is 0.182. The van der Waals surface area contributed by atoms with E-state index in [1.165, 1.54) is 11.3 Å². The second-order valence-electron chi connectivity index (χ2n) is 3.35. The van der Waals surface area contributed by atoms with Crippen LogP contribution < -0.4 is 0 Å². The number of halogens is 2. The first-order chi connectivity index (χ1) is 7.66. The maximum absolute atomic E-state index is 10.0. The Balaban J connectivity index is 2.13. The highest BCUT2D eigenvalue weighted by Gasteiger charge is 2.12. The highest BCUT2D eigenvalue weighted by atomic mass is 79.9. The van der Waals surface area contributed by atoms with E-state index >= 15 is 0 Å². The van der Waals surface area contributed by atoms with Crippen molar-refractivity contribution in [3.63, 3.8) is 0 Å². The highest BCUT2D eigenvalue weighted by molar-refractivity contribution is 9.10. The van der Waals surface area contributed by atoms with Crippen LogP contribution in [0.25, 0.3) is 0 Å². The fourth-order valence-corrected chi connectivity index (χ4v) is 3.01. The van der Waals surface area contributed by atoms with Crippen molar-refractivity contribution in [2.45, 2.75) is 12.5 Å². The van der Waals surface area contributed by atoms with Crippen LogP contribution in [0.3, 0.4) is 0 Å². The first kappa shape index (κ1) is 12.0. The zero-order valence-corrected chi connectivity index (χ0v) is 11.4. The van der Waals surface area contributed by atoms with Gasteiger partial charge in [-0.25, -0.2) is 0 Å². The van der Waals surface area contributed by atoms with Gasteiger partial charge in [-0.1, -0.05) is 11.6 Å². The second-order valence-corrected chi connectivity index (χ2v) is 5.62. The number of hydrogen-bond donors (Lipinski definition) is 1. The van der Waals surface area contributed by atoms with Crippen LogP contribution in [0.2, 0.25) is 5.02 Å². The largest absolute Gasteiger partial charge is 0.387 e. The molecule has 2 rings (SSSR count). The van der Waals surface area contributed by atoms with Crippen molar-refractivity contribution < 1.29 is 5.11 Å². The van der Waals surface area contributed by atoms with Gasteiger partial charge in [0.2, 0.25) is 0 Å². The Morgan fingerprint density at radius 2 is 2.38 bits per heavy atom. The molecule has 0 saturated heterocycles. The summed E-state index contributed by atoms with van der Waals surface area (Å²) >= 11 is 10.9. The minimum Gasteiger partial charge on any atom is -0.387 e. The Kier molecular flexibility index (Phi) is 3.97. The number of hydrogen-bond acceptors (Lipinski definition) is 3. The molecule has 2 aromatic heterocycles. The summed E-state index contributed by atoms with van der Waals surface area (Å²) in [5.41, 5.74) is 0.911. The maximum Gasteiger partial charge on any atom is 0.0923 e. The third kappa shape index (κ3) is 2.83. The van der Waals surface area contributed by atoms with E-state index in [-0.39, 0.29) is 0 Å². The number of thiophene rings is 1. The van der Waals surface area contributed by atoms with E-state index in [0.29, 0.717) is 11.4 Å². The summed E-state index contributed by atoms with van der Waals surface area (Å²) in [6.45, 7) is 0. The molecule has 2 aromatic rings. The fourth-order valence-electron chi connectivity index (χ4n) is 1.38. The lowest BCUT2D eigenvalue weighted by Crippen LogP contribution is -2.00. The highest BCUT2D eigenvalue weighted by Crippen LogP contribution is 2.29. The average Bonchev–Trinajstić information content (AvgIpc) is 2.68. The third-order valence-corrected chi connectivity index (χ3v) is 4.32. The molecule has 2 nitrogen and oxygen atoms in total. The lowest BCUT2D eigenvalue weighted by atomic mass is 10.1. The van der Waals surface area contributed by atoms with E-state index in [2.05, 4.69) is 20.9 Å². The summed E-state index contributed by atoms with van der Waals surface area (Å²) < 4.78 is 0.993. The minimum atomic E-state index is -0.517. The standard InChI is InChI=1S/C11H9BrClNOS/c12-8-4-11(16-6-8)10(15)3-7-1-2-14-5-9(7)13/h1-2,4-6,10,15H,3H2. The number of aliphatic hydroxyl groups excluding tert-OH is 1. The molecule has 5 heteroatoms. The summed E-state index contributed by atoms with van der Waals surface area (Å²) in [6.07, 6.45) is 3.26. The molecule has 0 aromatic carbocycles. The molecule has 0 radical (unpaired) electrons. The van der Waals surface area contributed by atoms with Crippen molar-refractivity contribution in [2.24, 2.45) is 0 Å². The SMILES string of the molecule is OC(Cc1ccncc1Cl)c1cc(Br)cs1. The Hall–Kier alpha value is -0.420. The number of aliphatic hydroxyl groups is 1. The monoisotopic (exact) mass is 317 g/mol. The number of nitrogens with zero attached hydrogens (tertiary/aromatic N) is 1. The Morgan fingerprint density at radius 1 is 1.56 bits per heavy atom. The molecule has 0 fully saturated rings. The van der Waals surface area contributed by atoms with Crippen LogP contribution >= 0.6 is 38.9 Å². The molecular weight excluding hydrogens is 310 g/mol. The Labute approximate surface area is 111 Å². The molecule has 1 N–H and O–H groups in total. The van der Waals surface area contributed by atoms with E-state index < -0.39 is 6.10 Å². The maximum atomic E-state index is 10.0. The van der Waals surface area contributed by atoms with E-state index in [4.69, 9.17) is 11.6 Å². The predicted molar refractivity (Wildman–Crippen MR) is 69.9 cm³/mol. The van der Waals surface area contributed by atoms with Gasteiger partial charge in [-0.15, -0.1) is 11.3 Å². The normalized spacial score (nSPS) is 12.7. The van der Waals surface area contributed by atoms with Crippen LogP contribution in [0.15, 0.2) is 34.4 Å². The zero-order valence-electron chi connectivity index (χ0n) is 8.23. The summed E-state index contributed by atoms with van der Waals surface area (Å²) in [7, 11) is 0. The third-order valence-electron chi connectivity index (χ3n) is 2.19. The van der Waals surface area contributed by atoms with Gasteiger partial charge in [0, 0.05) is 33.5 Å². The number of aromatic nitrogens is 1. The summed E-state index contributed by atoms with van der Waals surface area (Å²) in [6, 6.07) is 3.75. The van der Waals surface area contributed by atoms with Gasteiger partial charge in [-0.3, -0.25) is 4.98 Å². The van der Waals surface area contributed by atoms with Crippen molar-refractivity contribution in [3.05, 3.63) is 49.8 Å². The summed E-state index contributed by atoms with van der Waals surface area (Å²) in [5.74, 6) is 0. The van der Waals surface area contributed by atoms with E-state index in [1.54, 1.807) is 12.4 Å². The van der Waals surface area contributed by atoms with Gasteiger partial charge in [0.15, 0.2) is 0 Å². The molecule has 0 aliphatic carbocycles. The number of rotatable bonds is 3. The zero-order chi connectivity index (χ0) is 11.5. The van der Waals surface area contributed by atoms with Crippen LogP contribution in [-0.2, 0) is 6.42 Å².